The number of carbonyl (C=O) groups is 2. The summed E-state index contributed by atoms with van der Waals surface area (Å²) in [7, 11) is -0.00217. The van der Waals surface area contributed by atoms with Gasteiger partial charge in [0.1, 0.15) is 5.58 Å². The molecule has 2 atom stereocenters. The lowest BCUT2D eigenvalue weighted by Gasteiger charge is -2.41. The van der Waals surface area contributed by atoms with Gasteiger partial charge < -0.3 is 23.9 Å². The lowest BCUT2D eigenvalue weighted by Crippen LogP contribution is -2.53. The summed E-state index contributed by atoms with van der Waals surface area (Å²) in [5.74, 6) is -0.953. The minimum atomic E-state index is -3.84. The number of ether oxygens (including phenoxy) is 1. The van der Waals surface area contributed by atoms with E-state index in [-0.39, 0.29) is 30.1 Å². The van der Waals surface area contributed by atoms with Crippen LogP contribution in [0.25, 0.3) is 11.0 Å². The third-order valence-corrected chi connectivity index (χ3v) is 13.9. The highest BCUT2D eigenvalue weighted by atomic mass is 32.2. The van der Waals surface area contributed by atoms with Crippen LogP contribution in [-0.4, -0.2) is 100 Å². The second kappa shape index (κ2) is 13.2. The molecule has 0 radical (unpaired) electrons. The van der Waals surface area contributed by atoms with Gasteiger partial charge in [0.25, 0.3) is 11.8 Å². The van der Waals surface area contributed by atoms with Gasteiger partial charge in [-0.1, -0.05) is 0 Å². The van der Waals surface area contributed by atoms with Crippen molar-refractivity contribution < 1.29 is 27.2 Å². The number of likely N-dealkylation sites (N-methyl/N-ethyl adjacent to an activating group) is 1. The SMILES string of the molecule is COC[C@H]1CN(c2cc(C)c3c4c(c(=O)oc3c2C)CN(C(=O)c2ccc(C(=O)NS(=O)(=O)C3(C)CC3)c(N3CCC[C@H]3C)c2)CC4)CCN1C. The van der Waals surface area contributed by atoms with Crippen LogP contribution in [0.2, 0.25) is 0 Å². The number of aryl methyl sites for hydroxylation is 2. The smallest absolute Gasteiger partial charge is 0.341 e. The quantitative estimate of drug-likeness (QED) is 0.341. The first-order valence-electron chi connectivity index (χ1n) is 18.0. The number of sulfonamides is 1. The average molecular weight is 720 g/mol. The number of methoxy groups -OCH3 is 1. The molecular weight excluding hydrogens is 671 g/mol. The van der Waals surface area contributed by atoms with Crippen LogP contribution in [0, 0.1) is 13.8 Å². The Morgan fingerprint density at radius 1 is 1.06 bits per heavy atom. The van der Waals surface area contributed by atoms with Gasteiger partial charge >= 0.3 is 5.63 Å². The van der Waals surface area contributed by atoms with Gasteiger partial charge in [-0.2, -0.15) is 0 Å². The van der Waals surface area contributed by atoms with E-state index in [1.807, 2.05) is 6.92 Å². The fourth-order valence-corrected chi connectivity index (χ4v) is 9.34. The summed E-state index contributed by atoms with van der Waals surface area (Å²) in [6.07, 6.45) is 3.37. The molecule has 4 heterocycles. The molecule has 1 aliphatic carbocycles. The molecule has 1 aromatic heterocycles. The molecule has 7 rings (SSSR count). The number of anilines is 2. The first-order valence-corrected chi connectivity index (χ1v) is 19.5. The number of hydrogen-bond donors (Lipinski definition) is 1. The first-order chi connectivity index (χ1) is 24.2. The van der Waals surface area contributed by atoms with Crippen molar-refractivity contribution >= 4 is 44.2 Å². The molecule has 274 valence electrons. The Morgan fingerprint density at radius 2 is 1.82 bits per heavy atom. The summed E-state index contributed by atoms with van der Waals surface area (Å²) >= 11 is 0. The van der Waals surface area contributed by atoms with Gasteiger partial charge in [-0.05, 0) is 102 Å². The summed E-state index contributed by atoms with van der Waals surface area (Å²) in [4.78, 5) is 49.6. The topological polar surface area (TPSA) is 133 Å². The van der Waals surface area contributed by atoms with Crippen LogP contribution >= 0.6 is 0 Å². The molecule has 0 spiro atoms. The maximum Gasteiger partial charge on any atom is 0.341 e. The average Bonchev–Trinajstić information content (AvgIpc) is 3.73. The minimum Gasteiger partial charge on any atom is -0.422 e. The van der Waals surface area contributed by atoms with E-state index in [0.29, 0.717) is 61.4 Å². The molecule has 3 aliphatic heterocycles. The van der Waals surface area contributed by atoms with Crippen LogP contribution < -0.4 is 20.1 Å². The number of nitrogens with one attached hydrogen (secondary N) is 1. The standard InChI is InChI=1S/C38H49N5O7S/c1-23-18-31(41-17-16-40(5)27(20-41)22-49-6)25(3)34-33(23)28-11-15-42(21-30(28)37(46)50-34)36(45)26-9-10-29(32(19-26)43-14-7-8-24(43)2)35(44)39-51(47,48)38(4)12-13-38/h9-10,18-19,24,27H,7-8,11-17,20-22H2,1-6H3,(H,39,44)/t24-,27-/m1/s1. The molecule has 3 aromatic rings. The number of amides is 2. The molecule has 51 heavy (non-hydrogen) atoms. The summed E-state index contributed by atoms with van der Waals surface area (Å²) in [5, 5.41) is 0.941. The van der Waals surface area contributed by atoms with Gasteiger partial charge in [-0.25, -0.2) is 17.9 Å². The normalized spacial score (nSPS) is 22.0. The summed E-state index contributed by atoms with van der Waals surface area (Å²) in [6.45, 7) is 12.2. The number of piperazine rings is 1. The lowest BCUT2D eigenvalue weighted by molar-refractivity contribution is 0.0732. The number of benzene rings is 2. The number of rotatable bonds is 8. The highest BCUT2D eigenvalue weighted by molar-refractivity contribution is 7.91. The molecule has 12 nitrogen and oxygen atoms in total. The maximum absolute atomic E-state index is 14.1. The Hall–Kier alpha value is -3.94. The number of hydrogen-bond acceptors (Lipinski definition) is 10. The van der Waals surface area contributed by atoms with Crippen LogP contribution in [0.4, 0.5) is 11.4 Å². The second-order valence-corrected chi connectivity index (χ2v) is 17.4. The Balaban J connectivity index is 1.17. The van der Waals surface area contributed by atoms with E-state index in [2.05, 4.69) is 46.4 Å². The number of nitrogens with zero attached hydrogens (tertiary/aromatic N) is 4. The molecule has 1 saturated carbocycles. The Labute approximate surface area is 299 Å². The molecule has 0 bridgehead atoms. The van der Waals surface area contributed by atoms with Crippen LogP contribution in [0.15, 0.2) is 33.5 Å². The predicted molar refractivity (Wildman–Crippen MR) is 197 cm³/mol. The van der Waals surface area contributed by atoms with E-state index in [1.165, 1.54) is 0 Å². The van der Waals surface area contributed by atoms with Crippen molar-refractivity contribution in [1.82, 2.24) is 14.5 Å². The minimum absolute atomic E-state index is 0.109. The van der Waals surface area contributed by atoms with E-state index in [1.54, 1.807) is 37.1 Å². The third-order valence-electron chi connectivity index (χ3n) is 11.7. The zero-order chi connectivity index (χ0) is 36.4. The zero-order valence-corrected chi connectivity index (χ0v) is 31.3. The Bertz CT molecular complexity index is 2070. The van der Waals surface area contributed by atoms with Gasteiger partial charge in [0.05, 0.1) is 40.8 Å². The van der Waals surface area contributed by atoms with Gasteiger partial charge in [-0.3, -0.25) is 14.5 Å². The van der Waals surface area contributed by atoms with E-state index in [9.17, 15) is 22.8 Å². The number of carbonyl (C=O) groups excluding carboxylic acids is 2. The molecule has 2 saturated heterocycles. The van der Waals surface area contributed by atoms with Crippen molar-refractivity contribution in [2.24, 2.45) is 0 Å². The van der Waals surface area contributed by atoms with E-state index in [4.69, 9.17) is 9.15 Å². The molecule has 1 N–H and O–H groups in total. The monoisotopic (exact) mass is 719 g/mol. The van der Waals surface area contributed by atoms with Crippen LogP contribution in [-0.2, 0) is 27.7 Å². The van der Waals surface area contributed by atoms with Gasteiger partial charge in [-0.15, -0.1) is 0 Å². The first kappa shape index (κ1) is 35.5. The van der Waals surface area contributed by atoms with Gasteiger partial charge in [0.2, 0.25) is 10.0 Å². The summed E-state index contributed by atoms with van der Waals surface area (Å²) < 4.78 is 38.7. The molecule has 2 aromatic carbocycles. The molecule has 13 heteroatoms. The van der Waals surface area contributed by atoms with Crippen LogP contribution in [0.5, 0.6) is 0 Å². The van der Waals surface area contributed by atoms with Crippen molar-refractivity contribution in [3.8, 4) is 0 Å². The fraction of sp³-hybridized carbons (Fsp3) is 0.553. The van der Waals surface area contributed by atoms with E-state index in [0.717, 1.165) is 60.2 Å². The van der Waals surface area contributed by atoms with E-state index < -0.39 is 26.3 Å². The third kappa shape index (κ3) is 6.31. The fourth-order valence-electron chi connectivity index (χ4n) is 8.10. The van der Waals surface area contributed by atoms with E-state index >= 15 is 0 Å². The van der Waals surface area contributed by atoms with Crippen LogP contribution in [0.1, 0.15) is 82.5 Å². The molecule has 4 aliphatic rings. The Morgan fingerprint density at radius 3 is 2.51 bits per heavy atom. The number of fused-ring (bicyclic) bond motifs is 3. The van der Waals surface area contributed by atoms with Crippen molar-refractivity contribution in [3.05, 3.63) is 68.1 Å². The Kier molecular flexibility index (Phi) is 9.20. The molecule has 3 fully saturated rings. The second-order valence-electron chi connectivity index (χ2n) is 15.2. The largest absolute Gasteiger partial charge is 0.422 e. The lowest BCUT2D eigenvalue weighted by atomic mass is 9.92. The van der Waals surface area contributed by atoms with Gasteiger partial charge in [0, 0.05) is 68.1 Å². The van der Waals surface area contributed by atoms with Crippen LogP contribution in [0.3, 0.4) is 0 Å². The zero-order valence-electron chi connectivity index (χ0n) is 30.5. The molecule has 0 unspecified atom stereocenters. The molecule has 2 amide bonds. The summed E-state index contributed by atoms with van der Waals surface area (Å²) in [5.41, 5.74) is 5.74. The predicted octanol–water partition coefficient (Wildman–Crippen LogP) is 3.98. The van der Waals surface area contributed by atoms with Crippen molar-refractivity contribution in [1.29, 1.82) is 0 Å². The van der Waals surface area contributed by atoms with Gasteiger partial charge in [0.15, 0.2) is 0 Å². The van der Waals surface area contributed by atoms with Crippen molar-refractivity contribution in [2.45, 2.75) is 83.2 Å². The van der Waals surface area contributed by atoms with Crippen molar-refractivity contribution in [3.63, 3.8) is 0 Å². The highest BCUT2D eigenvalue weighted by Crippen LogP contribution is 2.42. The highest BCUT2D eigenvalue weighted by Gasteiger charge is 2.51. The molecular formula is C38H49N5O7S. The van der Waals surface area contributed by atoms with Crippen molar-refractivity contribution in [2.75, 3.05) is 63.3 Å². The summed E-state index contributed by atoms with van der Waals surface area (Å²) in [6, 6.07) is 7.40. The maximum atomic E-state index is 14.1.